The number of nitrogens with one attached hydrogen (secondary N) is 2. The lowest BCUT2D eigenvalue weighted by atomic mass is 10.2. The average molecular weight is 584 g/mol. The van der Waals surface area contributed by atoms with E-state index in [0.717, 1.165) is 17.0 Å². The molecule has 206 valence electrons. The number of rotatable bonds is 8. The number of carbonyl (C=O) groups is 2. The third-order valence-electron chi connectivity index (χ3n) is 5.63. The van der Waals surface area contributed by atoms with Gasteiger partial charge in [-0.15, -0.1) is 0 Å². The Morgan fingerprint density at radius 2 is 1.56 bits per heavy atom. The fourth-order valence-electron chi connectivity index (χ4n) is 3.71. The van der Waals surface area contributed by atoms with Crippen LogP contribution < -0.4 is 14.3 Å². The number of hydrogen-bond donors (Lipinski definition) is 2. The molecule has 1 saturated heterocycles. The zero-order valence-electron chi connectivity index (χ0n) is 20.0. The minimum absolute atomic E-state index is 0.0557. The Morgan fingerprint density at radius 3 is 2.18 bits per heavy atom. The Morgan fingerprint density at radius 1 is 0.923 bits per heavy atom. The highest BCUT2D eigenvalue weighted by Gasteiger charge is 2.47. The molecule has 0 aliphatic carbocycles. The number of anilines is 3. The van der Waals surface area contributed by atoms with Crippen molar-refractivity contribution in [3.8, 4) is 0 Å². The topological polar surface area (TPSA) is 146 Å². The van der Waals surface area contributed by atoms with Crippen molar-refractivity contribution in [2.45, 2.75) is 29.9 Å². The maximum atomic E-state index is 13.1. The van der Waals surface area contributed by atoms with Crippen molar-refractivity contribution in [3.63, 3.8) is 0 Å². The van der Waals surface area contributed by atoms with Crippen LogP contribution in [-0.4, -0.2) is 50.2 Å². The molecule has 2 heterocycles. The van der Waals surface area contributed by atoms with Gasteiger partial charge in [-0.1, -0.05) is 18.2 Å². The first-order chi connectivity index (χ1) is 18.2. The summed E-state index contributed by atoms with van der Waals surface area (Å²) in [5.41, 5.74) is -4.88. The van der Waals surface area contributed by atoms with Gasteiger partial charge in [0.1, 0.15) is 11.9 Å². The van der Waals surface area contributed by atoms with Crippen molar-refractivity contribution in [2.24, 2.45) is 0 Å². The Balaban J connectivity index is 1.50. The van der Waals surface area contributed by atoms with Crippen LogP contribution in [0.15, 0.2) is 77.8 Å². The van der Waals surface area contributed by atoms with Crippen molar-refractivity contribution in [1.82, 2.24) is 9.88 Å². The Labute approximate surface area is 221 Å². The summed E-state index contributed by atoms with van der Waals surface area (Å²) in [6, 6.07) is 12.4. The third-order valence-corrected chi connectivity index (χ3v) is 8.12. The van der Waals surface area contributed by atoms with Gasteiger partial charge in [0.2, 0.25) is 0 Å². The van der Waals surface area contributed by atoms with Gasteiger partial charge in [-0.3, -0.25) is 14.2 Å². The highest BCUT2D eigenvalue weighted by Crippen LogP contribution is 2.33. The van der Waals surface area contributed by atoms with E-state index in [1.165, 1.54) is 30.2 Å². The van der Waals surface area contributed by atoms with Crippen LogP contribution in [0.3, 0.4) is 0 Å². The molecule has 2 N–H and O–H groups in total. The molecular weight excluding hydrogens is 563 g/mol. The van der Waals surface area contributed by atoms with E-state index < -0.39 is 48.4 Å². The lowest BCUT2D eigenvalue weighted by Gasteiger charge is -2.20. The SMILES string of the molecule is CC1C(=O)N(c2ccc(S(=O)(=O)C(F)(F)F)cc2)C(=O)N1Cc1ccnc(NS(=O)(=O)Nc2ccccc2)c1. The number of para-hydroxylation sites is 1. The summed E-state index contributed by atoms with van der Waals surface area (Å²) in [4.78, 5) is 30.7. The predicted octanol–water partition coefficient (Wildman–Crippen LogP) is 3.50. The molecule has 1 aromatic heterocycles. The van der Waals surface area contributed by atoms with E-state index in [4.69, 9.17) is 0 Å². The van der Waals surface area contributed by atoms with Gasteiger partial charge in [-0.2, -0.15) is 21.6 Å². The first kappa shape index (κ1) is 27.8. The number of pyridine rings is 1. The van der Waals surface area contributed by atoms with Crippen LogP contribution in [0.25, 0.3) is 0 Å². The standard InChI is InChI=1S/C23H20F3N5O6S2/c1-15-21(32)31(18-7-9-19(10-8-18)38(34,35)23(24,25)26)22(33)30(15)14-16-11-12-27-20(13-16)29-39(36,37)28-17-5-3-2-4-6-17/h2-13,15,28H,14H2,1H3,(H,27,29). The van der Waals surface area contributed by atoms with Gasteiger partial charge in [0.05, 0.1) is 16.3 Å². The molecule has 3 aromatic rings. The number of urea groups is 1. The van der Waals surface area contributed by atoms with Gasteiger partial charge in [-0.25, -0.2) is 23.1 Å². The molecule has 1 unspecified atom stereocenters. The maximum absolute atomic E-state index is 13.1. The predicted molar refractivity (Wildman–Crippen MR) is 134 cm³/mol. The van der Waals surface area contributed by atoms with Crippen molar-refractivity contribution < 1.29 is 39.6 Å². The van der Waals surface area contributed by atoms with E-state index >= 15 is 0 Å². The Kier molecular flexibility index (Phi) is 7.27. The van der Waals surface area contributed by atoms with Gasteiger partial charge in [0, 0.05) is 12.7 Å². The molecule has 1 aliphatic rings. The number of amides is 3. The molecule has 0 saturated carbocycles. The minimum Gasteiger partial charge on any atom is -0.308 e. The molecule has 2 aromatic carbocycles. The van der Waals surface area contributed by atoms with Crippen LogP contribution in [0.5, 0.6) is 0 Å². The lowest BCUT2D eigenvalue weighted by molar-refractivity contribution is -0.119. The summed E-state index contributed by atoms with van der Waals surface area (Å²) in [6.07, 6.45) is 1.31. The first-order valence-corrected chi connectivity index (χ1v) is 14.0. The highest BCUT2D eigenvalue weighted by molar-refractivity contribution is 7.94. The third kappa shape index (κ3) is 5.80. The molecule has 1 fully saturated rings. The van der Waals surface area contributed by atoms with Crippen molar-refractivity contribution >= 4 is 49.2 Å². The maximum Gasteiger partial charge on any atom is 0.501 e. The van der Waals surface area contributed by atoms with Gasteiger partial charge in [0.25, 0.3) is 15.7 Å². The van der Waals surface area contributed by atoms with Gasteiger partial charge in [-0.05, 0) is 61.0 Å². The summed E-state index contributed by atoms with van der Waals surface area (Å²) in [5, 5.41) is 0. The number of nitrogens with zero attached hydrogens (tertiary/aromatic N) is 3. The zero-order valence-corrected chi connectivity index (χ0v) is 21.6. The molecule has 0 spiro atoms. The number of aromatic nitrogens is 1. The van der Waals surface area contributed by atoms with Crippen molar-refractivity contribution in [3.05, 3.63) is 78.5 Å². The van der Waals surface area contributed by atoms with E-state index in [2.05, 4.69) is 14.4 Å². The van der Waals surface area contributed by atoms with E-state index in [0.29, 0.717) is 23.4 Å². The molecule has 0 bridgehead atoms. The number of hydrogen-bond acceptors (Lipinski definition) is 7. The normalized spacial score (nSPS) is 16.5. The lowest BCUT2D eigenvalue weighted by Crippen LogP contribution is -2.33. The number of carbonyl (C=O) groups excluding carboxylic acids is 2. The monoisotopic (exact) mass is 583 g/mol. The molecule has 4 rings (SSSR count). The molecule has 1 aliphatic heterocycles. The number of imide groups is 1. The van der Waals surface area contributed by atoms with E-state index in [1.807, 2.05) is 0 Å². The fourth-order valence-corrected chi connectivity index (χ4v) is 5.35. The van der Waals surface area contributed by atoms with Crippen LogP contribution in [0.1, 0.15) is 12.5 Å². The number of alkyl halides is 3. The zero-order chi connectivity index (χ0) is 28.6. The number of halogens is 3. The molecule has 16 heteroatoms. The van der Waals surface area contributed by atoms with Crippen LogP contribution >= 0.6 is 0 Å². The number of benzene rings is 2. The smallest absolute Gasteiger partial charge is 0.308 e. The average Bonchev–Trinajstić information content (AvgIpc) is 3.06. The van der Waals surface area contributed by atoms with Crippen molar-refractivity contribution in [2.75, 3.05) is 14.3 Å². The highest BCUT2D eigenvalue weighted by atomic mass is 32.2. The minimum atomic E-state index is -5.60. The van der Waals surface area contributed by atoms with Gasteiger partial charge < -0.3 is 4.90 Å². The molecule has 39 heavy (non-hydrogen) atoms. The quantitative estimate of drug-likeness (QED) is 0.386. The van der Waals surface area contributed by atoms with Crippen LogP contribution in [0, 0.1) is 0 Å². The summed E-state index contributed by atoms with van der Waals surface area (Å²) in [5.74, 6) is -0.742. The Bertz CT molecular complexity index is 1620. The van der Waals surface area contributed by atoms with Gasteiger partial charge in [0.15, 0.2) is 0 Å². The largest absolute Gasteiger partial charge is 0.501 e. The Hall–Kier alpha value is -4.18. The molecule has 3 amide bonds. The molecule has 1 atom stereocenters. The number of sulfone groups is 1. The molecule has 11 nitrogen and oxygen atoms in total. The molecular formula is C23H20F3N5O6S2. The second-order valence-corrected chi connectivity index (χ2v) is 11.7. The van der Waals surface area contributed by atoms with E-state index in [-0.39, 0.29) is 18.1 Å². The first-order valence-electron chi connectivity index (χ1n) is 11.1. The summed E-state index contributed by atoms with van der Waals surface area (Å²) in [6.45, 7) is 1.31. The summed E-state index contributed by atoms with van der Waals surface area (Å²) in [7, 11) is -9.65. The summed E-state index contributed by atoms with van der Waals surface area (Å²) >= 11 is 0. The van der Waals surface area contributed by atoms with E-state index in [1.54, 1.807) is 30.3 Å². The second-order valence-electron chi connectivity index (χ2n) is 8.33. The molecule has 0 radical (unpaired) electrons. The fraction of sp³-hybridized carbons (Fsp3) is 0.174. The van der Waals surface area contributed by atoms with E-state index in [9.17, 15) is 39.6 Å². The second kappa shape index (κ2) is 10.2. The van der Waals surface area contributed by atoms with Crippen LogP contribution in [-0.2, 0) is 31.4 Å². The van der Waals surface area contributed by atoms with Crippen LogP contribution in [0.2, 0.25) is 0 Å². The van der Waals surface area contributed by atoms with Crippen LogP contribution in [0.4, 0.5) is 35.2 Å². The van der Waals surface area contributed by atoms with Crippen molar-refractivity contribution in [1.29, 1.82) is 0 Å². The summed E-state index contributed by atoms with van der Waals surface area (Å²) < 4.78 is 91.1. The van der Waals surface area contributed by atoms with Gasteiger partial charge >= 0.3 is 21.7 Å².